The fraction of sp³-hybridized carbons (Fsp3) is 0.261. The summed E-state index contributed by atoms with van der Waals surface area (Å²) < 4.78 is 24.9. The molecule has 0 saturated carbocycles. The molecule has 29 heavy (non-hydrogen) atoms. The smallest absolute Gasteiger partial charge is 0.291 e. The number of ether oxygens (including phenoxy) is 1. The standard InChI is InChI=1S/C23H22FNO3S/c24-20-7-2-1-6-19(20)21-8-9-22(28-21)23(26)25-17-5-3-4-16(14-17)15-29-18-10-12-27-13-11-18/h1-9,14,18H,10-13,15H2,(H,25,26). The van der Waals surface area contributed by atoms with E-state index in [1.165, 1.54) is 6.07 Å². The van der Waals surface area contributed by atoms with Crippen LogP contribution in [0.2, 0.25) is 0 Å². The molecule has 1 amide bonds. The van der Waals surface area contributed by atoms with Crippen LogP contribution in [0.25, 0.3) is 11.3 Å². The molecular weight excluding hydrogens is 389 g/mol. The number of halogens is 1. The first kappa shape index (κ1) is 19.7. The molecule has 4 nitrogen and oxygen atoms in total. The van der Waals surface area contributed by atoms with Gasteiger partial charge in [0, 0.05) is 29.9 Å². The van der Waals surface area contributed by atoms with Gasteiger partial charge < -0.3 is 14.5 Å². The first-order valence-electron chi connectivity index (χ1n) is 9.63. The molecule has 1 N–H and O–H groups in total. The maximum absolute atomic E-state index is 13.9. The third kappa shape index (κ3) is 5.08. The van der Waals surface area contributed by atoms with Crippen molar-refractivity contribution in [3.05, 3.63) is 77.8 Å². The minimum absolute atomic E-state index is 0.144. The number of furan rings is 1. The normalized spacial score (nSPS) is 14.7. The summed E-state index contributed by atoms with van der Waals surface area (Å²) in [5.74, 6) is 0.623. The number of hydrogen-bond acceptors (Lipinski definition) is 4. The molecule has 0 spiro atoms. The van der Waals surface area contributed by atoms with Crippen molar-refractivity contribution in [3.63, 3.8) is 0 Å². The Morgan fingerprint density at radius 1 is 1.07 bits per heavy atom. The number of carbonyl (C=O) groups excluding carboxylic acids is 1. The highest BCUT2D eigenvalue weighted by Crippen LogP contribution is 2.27. The van der Waals surface area contributed by atoms with E-state index in [1.54, 1.807) is 30.3 Å². The highest BCUT2D eigenvalue weighted by Gasteiger charge is 2.16. The summed E-state index contributed by atoms with van der Waals surface area (Å²) in [6.45, 7) is 1.68. The average Bonchev–Trinajstić information content (AvgIpc) is 3.24. The second-order valence-electron chi connectivity index (χ2n) is 6.92. The molecule has 1 aliphatic heterocycles. The van der Waals surface area contributed by atoms with Gasteiger partial charge in [0.05, 0.1) is 5.56 Å². The largest absolute Gasteiger partial charge is 0.451 e. The van der Waals surface area contributed by atoms with Gasteiger partial charge >= 0.3 is 0 Å². The Hall–Kier alpha value is -2.57. The summed E-state index contributed by atoms with van der Waals surface area (Å²) in [6.07, 6.45) is 2.17. The molecule has 1 fully saturated rings. The molecule has 0 aliphatic carbocycles. The first-order chi connectivity index (χ1) is 14.2. The number of benzene rings is 2. The van der Waals surface area contributed by atoms with Crippen LogP contribution >= 0.6 is 11.8 Å². The van der Waals surface area contributed by atoms with Gasteiger partial charge in [0.25, 0.3) is 5.91 Å². The fourth-order valence-electron chi connectivity index (χ4n) is 3.25. The van der Waals surface area contributed by atoms with E-state index in [9.17, 15) is 9.18 Å². The topological polar surface area (TPSA) is 51.5 Å². The molecule has 1 saturated heterocycles. The number of carbonyl (C=O) groups is 1. The molecule has 6 heteroatoms. The second-order valence-corrected chi connectivity index (χ2v) is 8.21. The summed E-state index contributed by atoms with van der Waals surface area (Å²) in [6, 6.07) is 17.3. The molecule has 2 heterocycles. The molecule has 1 aliphatic rings. The summed E-state index contributed by atoms with van der Waals surface area (Å²) in [4.78, 5) is 12.5. The molecule has 0 atom stereocenters. The Kier molecular flexibility index (Phi) is 6.32. The summed E-state index contributed by atoms with van der Waals surface area (Å²) >= 11 is 1.93. The first-order valence-corrected chi connectivity index (χ1v) is 10.7. The number of nitrogens with one attached hydrogen (secondary N) is 1. The molecule has 150 valence electrons. The van der Waals surface area contributed by atoms with Crippen LogP contribution in [0.15, 0.2) is 65.1 Å². The fourth-order valence-corrected chi connectivity index (χ4v) is 4.39. The summed E-state index contributed by atoms with van der Waals surface area (Å²) in [5, 5.41) is 3.49. The van der Waals surface area contributed by atoms with Crippen molar-refractivity contribution >= 4 is 23.4 Å². The molecule has 0 unspecified atom stereocenters. The number of rotatable bonds is 6. The lowest BCUT2D eigenvalue weighted by atomic mass is 10.1. The minimum atomic E-state index is -0.386. The predicted octanol–water partition coefficient (Wildman–Crippen LogP) is 5.75. The van der Waals surface area contributed by atoms with Gasteiger partial charge in [0.2, 0.25) is 0 Å². The van der Waals surface area contributed by atoms with Crippen LogP contribution < -0.4 is 5.32 Å². The van der Waals surface area contributed by atoms with Crippen LogP contribution in [0.4, 0.5) is 10.1 Å². The third-order valence-corrected chi connectivity index (χ3v) is 6.25. The molecule has 1 aromatic heterocycles. The van der Waals surface area contributed by atoms with Crippen LogP contribution in [0.1, 0.15) is 29.0 Å². The minimum Gasteiger partial charge on any atom is -0.451 e. The SMILES string of the molecule is O=C(Nc1cccc(CSC2CCOCC2)c1)c1ccc(-c2ccccc2F)o1. The van der Waals surface area contributed by atoms with Crippen LogP contribution in [0, 0.1) is 5.82 Å². The highest BCUT2D eigenvalue weighted by atomic mass is 32.2. The summed E-state index contributed by atoms with van der Waals surface area (Å²) in [7, 11) is 0. The molecule has 0 bridgehead atoms. The van der Waals surface area contributed by atoms with Crippen molar-refractivity contribution in [3.8, 4) is 11.3 Å². The van der Waals surface area contributed by atoms with Crippen LogP contribution in [-0.4, -0.2) is 24.4 Å². The van der Waals surface area contributed by atoms with Gasteiger partial charge in [-0.3, -0.25) is 4.79 Å². The van der Waals surface area contributed by atoms with Gasteiger partial charge in [0.15, 0.2) is 5.76 Å². The number of amides is 1. The Morgan fingerprint density at radius 3 is 2.72 bits per heavy atom. The van der Waals surface area contributed by atoms with Crippen molar-refractivity contribution in [2.75, 3.05) is 18.5 Å². The van der Waals surface area contributed by atoms with Crippen LogP contribution in [0.3, 0.4) is 0 Å². The van der Waals surface area contributed by atoms with Crippen molar-refractivity contribution in [1.82, 2.24) is 0 Å². The van der Waals surface area contributed by atoms with Crippen molar-refractivity contribution < 1.29 is 18.3 Å². The van der Waals surface area contributed by atoms with E-state index in [-0.39, 0.29) is 17.5 Å². The van der Waals surface area contributed by atoms with E-state index in [0.29, 0.717) is 22.3 Å². The van der Waals surface area contributed by atoms with Crippen LogP contribution in [-0.2, 0) is 10.5 Å². The van der Waals surface area contributed by atoms with E-state index >= 15 is 0 Å². The van der Waals surface area contributed by atoms with Gasteiger partial charge in [0.1, 0.15) is 11.6 Å². The van der Waals surface area contributed by atoms with Gasteiger partial charge in [-0.05, 0) is 54.8 Å². The van der Waals surface area contributed by atoms with Gasteiger partial charge in [-0.1, -0.05) is 24.3 Å². The van der Waals surface area contributed by atoms with E-state index in [4.69, 9.17) is 9.15 Å². The molecular formula is C23H22FNO3S. The Morgan fingerprint density at radius 2 is 1.90 bits per heavy atom. The second kappa shape index (κ2) is 9.29. The highest BCUT2D eigenvalue weighted by molar-refractivity contribution is 7.99. The predicted molar refractivity (Wildman–Crippen MR) is 114 cm³/mol. The lowest BCUT2D eigenvalue weighted by Crippen LogP contribution is -2.17. The van der Waals surface area contributed by atoms with E-state index in [2.05, 4.69) is 11.4 Å². The molecule has 3 aromatic rings. The van der Waals surface area contributed by atoms with E-state index < -0.39 is 0 Å². The number of hydrogen-bond donors (Lipinski definition) is 1. The molecule has 0 radical (unpaired) electrons. The van der Waals surface area contributed by atoms with Crippen molar-refractivity contribution in [2.24, 2.45) is 0 Å². The third-order valence-electron chi connectivity index (χ3n) is 4.81. The monoisotopic (exact) mass is 411 g/mol. The zero-order valence-electron chi connectivity index (χ0n) is 15.9. The van der Waals surface area contributed by atoms with Crippen LogP contribution in [0.5, 0.6) is 0 Å². The zero-order chi connectivity index (χ0) is 20.1. The zero-order valence-corrected chi connectivity index (χ0v) is 16.7. The lowest BCUT2D eigenvalue weighted by molar-refractivity contribution is 0.0995. The van der Waals surface area contributed by atoms with Crippen molar-refractivity contribution in [1.29, 1.82) is 0 Å². The summed E-state index contributed by atoms with van der Waals surface area (Å²) in [5.41, 5.74) is 2.20. The van der Waals surface area contributed by atoms with Gasteiger partial charge in [-0.25, -0.2) is 4.39 Å². The molecule has 2 aromatic carbocycles. The van der Waals surface area contributed by atoms with E-state index in [0.717, 1.165) is 37.4 Å². The Balaban J connectivity index is 1.39. The quantitative estimate of drug-likeness (QED) is 0.561. The molecule has 4 rings (SSSR count). The Labute approximate surface area is 173 Å². The van der Waals surface area contributed by atoms with Gasteiger partial charge in [-0.15, -0.1) is 0 Å². The lowest BCUT2D eigenvalue weighted by Gasteiger charge is -2.21. The van der Waals surface area contributed by atoms with Crippen molar-refractivity contribution in [2.45, 2.75) is 23.8 Å². The maximum atomic E-state index is 13.9. The number of anilines is 1. The number of thioether (sulfide) groups is 1. The Bertz CT molecular complexity index is 982. The van der Waals surface area contributed by atoms with Gasteiger partial charge in [-0.2, -0.15) is 11.8 Å². The average molecular weight is 411 g/mol. The maximum Gasteiger partial charge on any atom is 0.291 e. The van der Waals surface area contributed by atoms with E-state index in [1.807, 2.05) is 30.0 Å².